The second-order valence-corrected chi connectivity index (χ2v) is 13.8. The van der Waals surface area contributed by atoms with Crippen LogP contribution in [0.2, 0.25) is 0 Å². The van der Waals surface area contributed by atoms with E-state index in [1.165, 1.54) is 0 Å². The van der Waals surface area contributed by atoms with Crippen molar-refractivity contribution < 1.29 is 56.6 Å². The first-order chi connectivity index (χ1) is 26.1. The Hall–Kier alpha value is -2.65. The van der Waals surface area contributed by atoms with Gasteiger partial charge in [0.2, 0.25) is 17.7 Å². The van der Waals surface area contributed by atoms with Gasteiger partial charge in [0.25, 0.3) is 0 Å². The second-order valence-electron chi connectivity index (χ2n) is 13.8. The molecule has 0 spiro atoms. The van der Waals surface area contributed by atoms with Gasteiger partial charge in [-0.05, 0) is 63.7 Å². The normalized spacial score (nSPS) is 13.5. The van der Waals surface area contributed by atoms with Crippen LogP contribution in [0.5, 0.6) is 0 Å². The van der Waals surface area contributed by atoms with Crippen LogP contribution in [-0.2, 0) is 63.1 Å². The molecule has 1 heterocycles. The molecule has 0 saturated carbocycles. The SMILES string of the molecule is C=CC.C=CC.CC.CC.CC(C)CC(C(=O)NC1CCCCN(Cc2c[c-]ccc2)C1=O)C(CCC(C)(C)C)C(N)=O.COC.COC.[Y].[c-]1ccccc1. The van der Waals surface area contributed by atoms with Gasteiger partial charge in [0.05, 0.1) is 0 Å². The number of nitrogens with two attached hydrogens (primary N) is 1. The van der Waals surface area contributed by atoms with Crippen LogP contribution in [0.25, 0.3) is 0 Å². The van der Waals surface area contributed by atoms with Gasteiger partial charge < -0.3 is 25.4 Å². The summed E-state index contributed by atoms with van der Waals surface area (Å²) in [5.41, 5.74) is 6.84. The zero-order valence-electron chi connectivity index (χ0n) is 38.4. The quantitative estimate of drug-likeness (QED) is 0.183. The molecule has 3 N–H and O–H groups in total. The van der Waals surface area contributed by atoms with E-state index in [0.29, 0.717) is 32.4 Å². The molecule has 3 rings (SSSR count). The Morgan fingerprint density at radius 2 is 1.39 bits per heavy atom. The molecule has 9 heteroatoms. The molecule has 2 aromatic carbocycles. The summed E-state index contributed by atoms with van der Waals surface area (Å²) in [6.45, 7) is 30.1. The van der Waals surface area contributed by atoms with E-state index in [4.69, 9.17) is 5.73 Å². The number of methoxy groups -OCH3 is 2. The average Bonchev–Trinajstić information content (AvgIpc) is 3.31. The monoisotopic (exact) mass is 859 g/mol. The molecule has 0 bridgehead atoms. The summed E-state index contributed by atoms with van der Waals surface area (Å²) >= 11 is 0. The van der Waals surface area contributed by atoms with Crippen LogP contribution < -0.4 is 11.1 Å². The van der Waals surface area contributed by atoms with Gasteiger partial charge >= 0.3 is 0 Å². The summed E-state index contributed by atoms with van der Waals surface area (Å²) in [7, 11) is 6.50. The number of likely N-dealkylation sites (tertiary alicyclic amines) is 1. The number of allylic oxidation sites excluding steroid dienone is 2. The fraction of sp³-hybridized carbons (Fsp3) is 0.596. The maximum atomic E-state index is 13.4. The summed E-state index contributed by atoms with van der Waals surface area (Å²) < 4.78 is 8.50. The van der Waals surface area contributed by atoms with Crippen molar-refractivity contribution in [1.82, 2.24) is 10.2 Å². The van der Waals surface area contributed by atoms with Gasteiger partial charge in [0, 0.05) is 86.1 Å². The van der Waals surface area contributed by atoms with Gasteiger partial charge in [-0.2, -0.15) is 66.7 Å². The van der Waals surface area contributed by atoms with Crippen molar-refractivity contribution in [2.24, 2.45) is 28.9 Å². The number of primary amides is 1. The summed E-state index contributed by atoms with van der Waals surface area (Å²) in [6.07, 6.45) is 7.81. The predicted molar refractivity (Wildman–Crippen MR) is 236 cm³/mol. The average molecular weight is 859 g/mol. The van der Waals surface area contributed by atoms with Gasteiger partial charge in [0.15, 0.2) is 0 Å². The largest absolute Gasteiger partial charge is 0.388 e. The number of carbonyl (C=O) groups is 3. The van der Waals surface area contributed by atoms with E-state index < -0.39 is 23.8 Å². The molecule has 0 aliphatic carbocycles. The van der Waals surface area contributed by atoms with E-state index >= 15 is 0 Å². The molecule has 321 valence electrons. The minimum atomic E-state index is -0.571. The minimum Gasteiger partial charge on any atom is -0.388 e. The van der Waals surface area contributed by atoms with Gasteiger partial charge in [-0.3, -0.25) is 14.4 Å². The smallest absolute Gasteiger partial charge is 0.244 e. The van der Waals surface area contributed by atoms with Crippen LogP contribution in [0.15, 0.2) is 79.9 Å². The first-order valence-corrected chi connectivity index (χ1v) is 19.8. The van der Waals surface area contributed by atoms with Crippen LogP contribution in [0.1, 0.15) is 120 Å². The molecule has 1 aliphatic heterocycles. The molecule has 3 amide bonds. The topological polar surface area (TPSA) is 111 Å². The van der Waals surface area contributed by atoms with Crippen molar-refractivity contribution >= 4 is 17.7 Å². The molecule has 1 radical (unpaired) electrons. The number of hydrogen-bond donors (Lipinski definition) is 2. The van der Waals surface area contributed by atoms with Crippen LogP contribution in [-0.4, -0.2) is 63.6 Å². The van der Waals surface area contributed by atoms with Gasteiger partial charge in [0.1, 0.15) is 6.04 Å². The summed E-state index contributed by atoms with van der Waals surface area (Å²) in [6, 6.07) is 22.6. The van der Waals surface area contributed by atoms with E-state index in [0.717, 1.165) is 24.8 Å². The van der Waals surface area contributed by atoms with Gasteiger partial charge in [-0.15, -0.1) is 18.7 Å². The van der Waals surface area contributed by atoms with Gasteiger partial charge in [-0.25, -0.2) is 0 Å². The number of carbonyl (C=O) groups excluding carboxylic acids is 3. The standard InChI is InChI=1S/C27H42N3O3.C6H5.2C3H6.2C2H6O.2C2H6.Y/c1-19(2)17-22(21(24(28)31)14-15-27(3,4)5)25(32)29-23-13-9-10-16-30(26(23)33)18-20-11-7-6-8-12-20;1-2-4-6-5-3-1;4*1-3-2;2*1-2;/h6-7,11-12,19,21-23H,9-10,13-18H2,1-5H3,(H2,28,31)(H,29,32);1-5H;2*3H,1H2,2H3;2*1-2H3;2*1-2H3;/q2*-1;;;;;;;. The molecule has 1 fully saturated rings. The number of ether oxygens (including phenoxy) is 2. The van der Waals surface area contributed by atoms with E-state index in [1.54, 1.807) is 40.6 Å². The van der Waals surface area contributed by atoms with E-state index in [-0.39, 0.29) is 55.9 Å². The van der Waals surface area contributed by atoms with Crippen molar-refractivity contribution in [3.05, 3.63) is 97.6 Å². The fourth-order valence-corrected chi connectivity index (χ4v) is 4.86. The number of hydrogen-bond acceptors (Lipinski definition) is 5. The Morgan fingerprint density at radius 1 is 0.911 bits per heavy atom. The minimum absolute atomic E-state index is 0. The second kappa shape index (κ2) is 46.7. The van der Waals surface area contributed by atoms with Crippen LogP contribution in [0.4, 0.5) is 0 Å². The van der Waals surface area contributed by atoms with Crippen molar-refractivity contribution in [2.75, 3.05) is 35.0 Å². The van der Waals surface area contributed by atoms with Gasteiger partial charge in [-0.1, -0.05) is 74.5 Å². The van der Waals surface area contributed by atoms with E-state index in [2.05, 4.69) is 60.9 Å². The van der Waals surface area contributed by atoms with Crippen LogP contribution in [0, 0.1) is 35.3 Å². The van der Waals surface area contributed by atoms with Crippen molar-refractivity contribution in [1.29, 1.82) is 0 Å². The fourth-order valence-electron chi connectivity index (χ4n) is 4.86. The third-order valence-corrected chi connectivity index (χ3v) is 6.97. The number of rotatable bonds is 10. The molecule has 1 aliphatic rings. The van der Waals surface area contributed by atoms with E-state index in [1.807, 2.05) is 115 Å². The molecule has 56 heavy (non-hydrogen) atoms. The number of benzene rings is 2. The van der Waals surface area contributed by atoms with Crippen LogP contribution in [0.3, 0.4) is 0 Å². The summed E-state index contributed by atoms with van der Waals surface area (Å²) in [5, 5.41) is 3.02. The van der Waals surface area contributed by atoms with Crippen LogP contribution >= 0.6 is 0 Å². The van der Waals surface area contributed by atoms with E-state index in [9.17, 15) is 14.4 Å². The van der Waals surface area contributed by atoms with Crippen molar-refractivity contribution in [3.63, 3.8) is 0 Å². The molecular formula is C47H83N3O5Y-2. The van der Waals surface area contributed by atoms with Crippen molar-refractivity contribution in [2.45, 2.75) is 127 Å². The third kappa shape index (κ3) is 41.0. The van der Waals surface area contributed by atoms with Crippen molar-refractivity contribution in [3.8, 4) is 0 Å². The Bertz CT molecular complexity index is 1110. The predicted octanol–water partition coefficient (Wildman–Crippen LogP) is 10.5. The molecule has 0 aromatic heterocycles. The first kappa shape index (κ1) is 65.2. The molecule has 3 unspecified atom stereocenters. The first-order valence-electron chi connectivity index (χ1n) is 19.8. The summed E-state index contributed by atoms with van der Waals surface area (Å²) in [4.78, 5) is 40.9. The Kier molecular flexibility index (Phi) is 54.4. The zero-order chi connectivity index (χ0) is 43.7. The molecule has 1 saturated heterocycles. The number of nitrogens with zero attached hydrogens (tertiary/aromatic N) is 1. The number of nitrogens with one attached hydrogen (secondary N) is 1. The zero-order valence-corrected chi connectivity index (χ0v) is 41.2. The molecule has 8 nitrogen and oxygen atoms in total. The molecule has 2 aromatic rings. The Labute approximate surface area is 371 Å². The summed E-state index contributed by atoms with van der Waals surface area (Å²) in [5.74, 6) is -1.56. The molecular weight excluding hydrogens is 775 g/mol. The number of amides is 3. The Morgan fingerprint density at radius 3 is 1.75 bits per heavy atom. The third-order valence-electron chi connectivity index (χ3n) is 6.97. The maximum absolute atomic E-state index is 13.4. The maximum Gasteiger partial charge on any atom is 0.244 e. The Balaban J connectivity index is -0.000000223. The molecule has 3 atom stereocenters.